The number of carbonyl (C=O) groups excluding carboxylic acids is 1. The number of carbonyl (C=O) groups is 1. The number of hydrogen-bond acceptors (Lipinski definition) is 6. The molecule has 0 saturated heterocycles. The van der Waals surface area contributed by atoms with Crippen molar-refractivity contribution in [3.63, 3.8) is 0 Å². The van der Waals surface area contributed by atoms with Gasteiger partial charge in [0, 0.05) is 5.69 Å². The summed E-state index contributed by atoms with van der Waals surface area (Å²) in [4.78, 5) is 11.9. The van der Waals surface area contributed by atoms with Gasteiger partial charge >= 0.3 is 0 Å². The number of aromatic nitrogens is 2. The van der Waals surface area contributed by atoms with Crippen LogP contribution in [0.3, 0.4) is 0 Å². The number of thioether (sulfide) groups is 1. The molecule has 2 heterocycles. The van der Waals surface area contributed by atoms with Crippen LogP contribution in [0, 0.1) is 12.7 Å². The third kappa shape index (κ3) is 3.78. The first-order valence-corrected chi connectivity index (χ1v) is 7.66. The summed E-state index contributed by atoms with van der Waals surface area (Å²) >= 11 is 1.09. The summed E-state index contributed by atoms with van der Waals surface area (Å²) in [5.41, 5.74) is 1.22. The molecule has 0 unspecified atom stereocenters. The predicted molar refractivity (Wildman–Crippen MR) is 82.5 cm³/mol. The fourth-order valence-electron chi connectivity index (χ4n) is 1.81. The molecule has 0 atom stereocenters. The topological polar surface area (TPSA) is 81.2 Å². The molecule has 3 rings (SSSR count). The Hall–Kier alpha value is -2.61. The monoisotopic (exact) mass is 333 g/mol. The minimum atomic E-state index is -0.404. The van der Waals surface area contributed by atoms with E-state index in [9.17, 15) is 9.18 Å². The summed E-state index contributed by atoms with van der Waals surface area (Å²) < 4.78 is 23.7. The molecule has 0 aliphatic carbocycles. The molecule has 0 spiro atoms. The number of rotatable bonds is 5. The smallest absolute Gasteiger partial charge is 0.284 e. The summed E-state index contributed by atoms with van der Waals surface area (Å²) in [6.45, 7) is 1.79. The molecule has 1 aromatic carbocycles. The van der Waals surface area contributed by atoms with Crippen molar-refractivity contribution < 1.29 is 18.0 Å². The van der Waals surface area contributed by atoms with Crippen LogP contribution in [0.15, 0.2) is 50.7 Å². The third-order valence-corrected chi connectivity index (χ3v) is 3.76. The highest BCUT2D eigenvalue weighted by Gasteiger charge is 2.13. The first-order valence-electron chi connectivity index (χ1n) is 6.68. The summed E-state index contributed by atoms with van der Waals surface area (Å²) in [6, 6.07) is 7.63. The van der Waals surface area contributed by atoms with Gasteiger partial charge in [-0.2, -0.15) is 0 Å². The second-order valence-electron chi connectivity index (χ2n) is 4.65. The number of aryl methyl sites for hydroxylation is 1. The Bertz CT molecular complexity index is 817. The fourth-order valence-corrected chi connectivity index (χ4v) is 2.37. The lowest BCUT2D eigenvalue weighted by atomic mass is 10.2. The lowest BCUT2D eigenvalue weighted by Crippen LogP contribution is -2.15. The SMILES string of the molecule is Cc1ccc(F)cc1NC(=O)CSc1nnc(-c2ccco2)o1. The Morgan fingerprint density at radius 3 is 3.00 bits per heavy atom. The molecular formula is C15H12FN3O3S. The van der Waals surface area contributed by atoms with Crippen LogP contribution in [0.5, 0.6) is 0 Å². The van der Waals surface area contributed by atoms with Gasteiger partial charge in [0.2, 0.25) is 5.91 Å². The van der Waals surface area contributed by atoms with Crippen molar-refractivity contribution in [2.24, 2.45) is 0 Å². The first-order chi connectivity index (χ1) is 11.1. The minimum absolute atomic E-state index is 0.0652. The van der Waals surface area contributed by atoms with Gasteiger partial charge in [-0.1, -0.05) is 17.8 Å². The number of nitrogens with one attached hydrogen (secondary N) is 1. The summed E-state index contributed by atoms with van der Waals surface area (Å²) in [7, 11) is 0. The number of benzene rings is 1. The van der Waals surface area contributed by atoms with E-state index in [0.29, 0.717) is 11.4 Å². The quantitative estimate of drug-likeness (QED) is 0.720. The van der Waals surface area contributed by atoms with E-state index < -0.39 is 5.82 Å². The number of halogens is 1. The minimum Gasteiger partial charge on any atom is -0.459 e. The maximum atomic E-state index is 13.2. The Labute approximate surface area is 135 Å². The first kappa shape index (κ1) is 15.3. The highest BCUT2D eigenvalue weighted by atomic mass is 32.2. The normalized spacial score (nSPS) is 10.7. The Kier molecular flexibility index (Phi) is 4.42. The van der Waals surface area contributed by atoms with Crippen molar-refractivity contribution in [2.75, 3.05) is 11.1 Å². The molecule has 0 saturated carbocycles. The summed E-state index contributed by atoms with van der Waals surface area (Å²) in [5, 5.41) is 10.6. The predicted octanol–water partition coefficient (Wildman–Crippen LogP) is 3.51. The van der Waals surface area contributed by atoms with Crippen LogP contribution in [0.1, 0.15) is 5.56 Å². The van der Waals surface area contributed by atoms with Gasteiger partial charge in [-0.05, 0) is 36.8 Å². The Balaban J connectivity index is 1.58. The van der Waals surface area contributed by atoms with Crippen LogP contribution in [0.4, 0.5) is 10.1 Å². The maximum absolute atomic E-state index is 13.2. The van der Waals surface area contributed by atoms with E-state index in [1.807, 2.05) is 0 Å². The van der Waals surface area contributed by atoms with Gasteiger partial charge in [0.05, 0.1) is 12.0 Å². The molecule has 3 aromatic rings. The second kappa shape index (κ2) is 6.66. The van der Waals surface area contributed by atoms with E-state index in [2.05, 4.69) is 15.5 Å². The van der Waals surface area contributed by atoms with Crippen molar-refractivity contribution in [3.05, 3.63) is 48.0 Å². The van der Waals surface area contributed by atoms with Crippen molar-refractivity contribution in [3.8, 4) is 11.7 Å². The molecule has 1 amide bonds. The van der Waals surface area contributed by atoms with Gasteiger partial charge in [0.15, 0.2) is 5.76 Å². The Morgan fingerprint density at radius 2 is 2.22 bits per heavy atom. The van der Waals surface area contributed by atoms with E-state index in [4.69, 9.17) is 8.83 Å². The van der Waals surface area contributed by atoms with Gasteiger partial charge in [-0.3, -0.25) is 4.79 Å². The van der Waals surface area contributed by atoms with Crippen molar-refractivity contribution in [2.45, 2.75) is 12.1 Å². The highest BCUT2D eigenvalue weighted by molar-refractivity contribution is 7.99. The lowest BCUT2D eigenvalue weighted by Gasteiger charge is -2.07. The van der Waals surface area contributed by atoms with Crippen LogP contribution in [-0.2, 0) is 4.79 Å². The van der Waals surface area contributed by atoms with Gasteiger partial charge < -0.3 is 14.2 Å². The number of hydrogen-bond donors (Lipinski definition) is 1. The third-order valence-electron chi connectivity index (χ3n) is 2.94. The maximum Gasteiger partial charge on any atom is 0.284 e. The average Bonchev–Trinajstić information content (AvgIpc) is 3.19. The van der Waals surface area contributed by atoms with E-state index in [-0.39, 0.29) is 22.8 Å². The van der Waals surface area contributed by atoms with E-state index in [1.165, 1.54) is 18.4 Å². The number of anilines is 1. The molecule has 0 aliphatic rings. The standard InChI is InChI=1S/C15H12FN3O3S/c1-9-4-5-10(16)7-11(9)17-13(20)8-23-15-19-18-14(22-15)12-3-2-6-21-12/h2-7H,8H2,1H3,(H,17,20). The largest absolute Gasteiger partial charge is 0.459 e. The number of nitrogens with zero attached hydrogens (tertiary/aromatic N) is 2. The molecule has 6 nitrogen and oxygen atoms in total. The molecule has 0 aliphatic heterocycles. The molecule has 1 N–H and O–H groups in total. The summed E-state index contributed by atoms with van der Waals surface area (Å²) in [6.07, 6.45) is 1.50. The Morgan fingerprint density at radius 1 is 1.35 bits per heavy atom. The van der Waals surface area contributed by atoms with Gasteiger partial charge in [0.25, 0.3) is 11.1 Å². The van der Waals surface area contributed by atoms with Crippen LogP contribution in [0.2, 0.25) is 0 Å². The van der Waals surface area contributed by atoms with Gasteiger partial charge in [-0.25, -0.2) is 4.39 Å². The van der Waals surface area contributed by atoms with Gasteiger partial charge in [-0.15, -0.1) is 10.2 Å². The van der Waals surface area contributed by atoms with Crippen LogP contribution in [-0.4, -0.2) is 21.9 Å². The molecular weight excluding hydrogens is 321 g/mol. The molecule has 0 fully saturated rings. The molecule has 23 heavy (non-hydrogen) atoms. The zero-order valence-corrected chi connectivity index (χ0v) is 12.9. The molecule has 2 aromatic heterocycles. The van der Waals surface area contributed by atoms with Crippen LogP contribution in [0.25, 0.3) is 11.7 Å². The second-order valence-corrected chi connectivity index (χ2v) is 5.57. The van der Waals surface area contributed by atoms with Crippen LogP contribution < -0.4 is 5.32 Å². The summed E-state index contributed by atoms with van der Waals surface area (Å²) in [5.74, 6) is 0.0819. The number of amides is 1. The molecule has 8 heteroatoms. The van der Waals surface area contributed by atoms with Crippen LogP contribution >= 0.6 is 11.8 Å². The molecule has 118 valence electrons. The number of furan rings is 1. The lowest BCUT2D eigenvalue weighted by molar-refractivity contribution is -0.113. The van der Waals surface area contributed by atoms with E-state index in [1.54, 1.807) is 25.1 Å². The molecule has 0 radical (unpaired) electrons. The van der Waals surface area contributed by atoms with Crippen molar-refractivity contribution in [1.82, 2.24) is 10.2 Å². The van der Waals surface area contributed by atoms with E-state index >= 15 is 0 Å². The van der Waals surface area contributed by atoms with Crippen molar-refractivity contribution >= 4 is 23.4 Å². The van der Waals surface area contributed by atoms with Crippen molar-refractivity contribution in [1.29, 1.82) is 0 Å². The van der Waals surface area contributed by atoms with Gasteiger partial charge in [0.1, 0.15) is 5.82 Å². The average molecular weight is 333 g/mol. The zero-order chi connectivity index (χ0) is 16.2. The van der Waals surface area contributed by atoms with E-state index in [0.717, 1.165) is 17.3 Å². The molecule has 0 bridgehead atoms. The zero-order valence-electron chi connectivity index (χ0n) is 12.1. The highest BCUT2D eigenvalue weighted by Crippen LogP contribution is 2.23. The fraction of sp³-hybridized carbons (Fsp3) is 0.133.